The van der Waals surface area contributed by atoms with Crippen LogP contribution < -0.4 is 5.32 Å². The Bertz CT molecular complexity index is 1140. The number of nitrogens with one attached hydrogen (secondary N) is 1. The topological polar surface area (TPSA) is 110 Å². The van der Waals surface area contributed by atoms with E-state index in [0.717, 1.165) is 48.2 Å². The number of benzene rings is 1. The van der Waals surface area contributed by atoms with Gasteiger partial charge in [0.1, 0.15) is 6.54 Å². The van der Waals surface area contributed by atoms with Gasteiger partial charge in [-0.05, 0) is 37.0 Å². The van der Waals surface area contributed by atoms with E-state index >= 15 is 0 Å². The highest BCUT2D eigenvalue weighted by molar-refractivity contribution is 6.05. The summed E-state index contributed by atoms with van der Waals surface area (Å²) in [4.78, 5) is 29.6. The van der Waals surface area contributed by atoms with Crippen LogP contribution in [0.5, 0.6) is 0 Å². The summed E-state index contributed by atoms with van der Waals surface area (Å²) in [6.45, 7) is 0.710. The maximum absolute atomic E-state index is 12.7. The number of hydrogen-bond donors (Lipinski definition) is 2. The molecular formula is C21H21N5O4. The summed E-state index contributed by atoms with van der Waals surface area (Å²) in [5.74, 6) is -1.31. The largest absolute Gasteiger partial charge is 0.480 e. The summed E-state index contributed by atoms with van der Waals surface area (Å²) in [7, 11) is 0. The monoisotopic (exact) mass is 407 g/mol. The Labute approximate surface area is 172 Å². The van der Waals surface area contributed by atoms with Gasteiger partial charge in [0.15, 0.2) is 11.9 Å². The number of carboxylic acid groups (broad SMARTS) is 1. The van der Waals surface area contributed by atoms with Crippen molar-refractivity contribution in [1.82, 2.24) is 19.7 Å². The van der Waals surface area contributed by atoms with Gasteiger partial charge in [0, 0.05) is 18.5 Å². The number of ether oxygens (including phenoxy) is 1. The van der Waals surface area contributed by atoms with Gasteiger partial charge in [0.2, 0.25) is 0 Å². The molecule has 0 aliphatic carbocycles. The van der Waals surface area contributed by atoms with Gasteiger partial charge in [-0.3, -0.25) is 9.59 Å². The second kappa shape index (κ2) is 7.42. The van der Waals surface area contributed by atoms with Crippen LogP contribution in [0.25, 0.3) is 11.0 Å². The molecule has 154 valence electrons. The van der Waals surface area contributed by atoms with Crippen LogP contribution in [-0.2, 0) is 16.1 Å². The van der Waals surface area contributed by atoms with E-state index in [1.807, 2.05) is 28.9 Å². The number of pyridine rings is 1. The molecular weight excluding hydrogens is 386 g/mol. The maximum Gasteiger partial charge on any atom is 0.323 e. The average Bonchev–Trinajstić information content (AvgIpc) is 3.30. The molecule has 3 aromatic rings. The first kappa shape index (κ1) is 18.6. The summed E-state index contributed by atoms with van der Waals surface area (Å²) < 4.78 is 7.64. The van der Waals surface area contributed by atoms with Gasteiger partial charge in [-0.1, -0.05) is 12.1 Å². The van der Waals surface area contributed by atoms with Gasteiger partial charge >= 0.3 is 5.97 Å². The molecule has 9 heteroatoms. The third kappa shape index (κ3) is 3.26. The van der Waals surface area contributed by atoms with Crippen molar-refractivity contribution in [3.05, 3.63) is 47.8 Å². The molecule has 1 atom stereocenters. The van der Waals surface area contributed by atoms with E-state index in [2.05, 4.69) is 15.4 Å². The molecule has 2 aliphatic rings. The summed E-state index contributed by atoms with van der Waals surface area (Å²) in [6, 6.07) is 7.44. The van der Waals surface area contributed by atoms with Crippen LogP contribution >= 0.6 is 0 Å². The molecule has 0 radical (unpaired) electrons. The fourth-order valence-electron chi connectivity index (χ4n) is 4.11. The zero-order valence-corrected chi connectivity index (χ0v) is 16.2. The quantitative estimate of drug-likeness (QED) is 0.669. The standard InChI is InChI=1S/C21H21N5O4/c27-18(28)12-25-11-13-4-3-5-16(19(13)21(25)29)24-15-8-14-9-23-26(20(14)22-10-15)17-6-1-2-7-30-17/h3-5,8-10,17,24H,1-2,6-7,11-12H2,(H,27,28). The molecule has 9 nitrogen and oxygen atoms in total. The fraction of sp³-hybridized carbons (Fsp3) is 0.333. The molecule has 2 aromatic heterocycles. The van der Waals surface area contributed by atoms with Crippen LogP contribution in [0.15, 0.2) is 36.7 Å². The van der Waals surface area contributed by atoms with Crippen LogP contribution in [0.4, 0.5) is 11.4 Å². The summed E-state index contributed by atoms with van der Waals surface area (Å²) >= 11 is 0. The third-order valence-corrected chi connectivity index (χ3v) is 5.48. The van der Waals surface area contributed by atoms with Gasteiger partial charge < -0.3 is 20.1 Å². The minimum atomic E-state index is -1.03. The van der Waals surface area contributed by atoms with Crippen molar-refractivity contribution in [2.75, 3.05) is 18.5 Å². The summed E-state index contributed by atoms with van der Waals surface area (Å²) in [5.41, 5.74) is 3.43. The van der Waals surface area contributed by atoms with Crippen molar-refractivity contribution in [3.63, 3.8) is 0 Å². The Kier molecular flexibility index (Phi) is 4.59. The van der Waals surface area contributed by atoms with Crippen LogP contribution in [0.2, 0.25) is 0 Å². The van der Waals surface area contributed by atoms with E-state index in [-0.39, 0.29) is 18.7 Å². The van der Waals surface area contributed by atoms with Crippen LogP contribution in [0.1, 0.15) is 41.4 Å². The number of aliphatic carboxylic acids is 1. The van der Waals surface area contributed by atoms with E-state index in [0.29, 0.717) is 17.8 Å². The lowest BCUT2D eigenvalue weighted by molar-refractivity contribution is -0.137. The summed E-state index contributed by atoms with van der Waals surface area (Å²) in [5, 5.41) is 17.6. The molecule has 1 fully saturated rings. The molecule has 2 aliphatic heterocycles. The first-order valence-electron chi connectivity index (χ1n) is 9.95. The number of aromatic nitrogens is 3. The first-order chi connectivity index (χ1) is 14.6. The number of amides is 1. The molecule has 0 spiro atoms. The highest BCUT2D eigenvalue weighted by atomic mass is 16.5. The van der Waals surface area contributed by atoms with Crippen LogP contribution in [0, 0.1) is 0 Å². The van der Waals surface area contributed by atoms with E-state index in [1.54, 1.807) is 12.4 Å². The van der Waals surface area contributed by atoms with Crippen molar-refractivity contribution in [2.24, 2.45) is 0 Å². The number of rotatable bonds is 5. The Morgan fingerprint density at radius 3 is 3.00 bits per heavy atom. The van der Waals surface area contributed by atoms with Gasteiger partial charge in [0.05, 0.1) is 29.3 Å². The van der Waals surface area contributed by atoms with E-state index in [4.69, 9.17) is 9.84 Å². The highest BCUT2D eigenvalue weighted by Crippen LogP contribution is 2.32. The lowest BCUT2D eigenvalue weighted by Crippen LogP contribution is -2.30. The van der Waals surface area contributed by atoms with Gasteiger partial charge in [-0.2, -0.15) is 5.10 Å². The first-order valence-corrected chi connectivity index (χ1v) is 9.95. The highest BCUT2D eigenvalue weighted by Gasteiger charge is 2.31. The number of nitrogens with zero attached hydrogens (tertiary/aromatic N) is 4. The van der Waals surface area contributed by atoms with Gasteiger partial charge in [0.25, 0.3) is 5.91 Å². The number of fused-ring (bicyclic) bond motifs is 2. The molecule has 1 saturated heterocycles. The molecule has 0 bridgehead atoms. The SMILES string of the molecule is O=C(O)CN1Cc2cccc(Nc3cnc4c(cnn4C4CCCCO4)c3)c2C1=O. The van der Waals surface area contributed by atoms with Crippen molar-refractivity contribution in [2.45, 2.75) is 32.0 Å². The summed E-state index contributed by atoms with van der Waals surface area (Å²) in [6.07, 6.45) is 6.48. The van der Waals surface area contributed by atoms with E-state index in [9.17, 15) is 9.59 Å². The van der Waals surface area contributed by atoms with Crippen molar-refractivity contribution in [3.8, 4) is 0 Å². The molecule has 2 N–H and O–H groups in total. The van der Waals surface area contributed by atoms with Gasteiger partial charge in [-0.25, -0.2) is 9.67 Å². The minimum absolute atomic E-state index is 0.0854. The lowest BCUT2D eigenvalue weighted by Gasteiger charge is -2.23. The van der Waals surface area contributed by atoms with E-state index < -0.39 is 5.97 Å². The zero-order valence-electron chi connectivity index (χ0n) is 16.2. The molecule has 1 amide bonds. The zero-order chi connectivity index (χ0) is 20.7. The maximum atomic E-state index is 12.7. The molecule has 0 saturated carbocycles. The fourth-order valence-corrected chi connectivity index (χ4v) is 4.11. The number of anilines is 2. The van der Waals surface area contributed by atoms with Crippen molar-refractivity contribution in [1.29, 1.82) is 0 Å². The van der Waals surface area contributed by atoms with Gasteiger partial charge in [-0.15, -0.1) is 0 Å². The number of carboxylic acids is 1. The van der Waals surface area contributed by atoms with Crippen molar-refractivity contribution >= 4 is 34.3 Å². The molecule has 5 rings (SSSR count). The number of carbonyl (C=O) groups excluding carboxylic acids is 1. The second-order valence-electron chi connectivity index (χ2n) is 7.57. The normalized spacial score (nSPS) is 18.6. The molecule has 4 heterocycles. The Balaban J connectivity index is 1.42. The smallest absolute Gasteiger partial charge is 0.323 e. The molecule has 30 heavy (non-hydrogen) atoms. The Hall–Kier alpha value is -3.46. The Morgan fingerprint density at radius 1 is 1.30 bits per heavy atom. The third-order valence-electron chi connectivity index (χ3n) is 5.48. The molecule has 1 unspecified atom stereocenters. The van der Waals surface area contributed by atoms with E-state index in [1.165, 1.54) is 4.90 Å². The lowest BCUT2D eigenvalue weighted by atomic mass is 10.1. The Morgan fingerprint density at radius 2 is 2.20 bits per heavy atom. The minimum Gasteiger partial charge on any atom is -0.480 e. The predicted octanol–water partition coefficient (Wildman–Crippen LogP) is 2.91. The van der Waals surface area contributed by atoms with Crippen molar-refractivity contribution < 1.29 is 19.4 Å². The van der Waals surface area contributed by atoms with Crippen LogP contribution in [0.3, 0.4) is 0 Å². The second-order valence-corrected chi connectivity index (χ2v) is 7.57. The number of carbonyl (C=O) groups is 2. The number of hydrogen-bond acceptors (Lipinski definition) is 6. The molecule has 1 aromatic carbocycles. The predicted molar refractivity (Wildman–Crippen MR) is 108 cm³/mol. The van der Waals surface area contributed by atoms with Crippen LogP contribution in [-0.4, -0.2) is 49.8 Å². The average molecular weight is 407 g/mol.